The predicted molar refractivity (Wildman–Crippen MR) is 76.3 cm³/mol. The van der Waals surface area contributed by atoms with Crippen molar-refractivity contribution in [3.63, 3.8) is 0 Å². The van der Waals surface area contributed by atoms with Gasteiger partial charge in [-0.2, -0.15) is 0 Å². The molecule has 0 aromatic heterocycles. The minimum Gasteiger partial charge on any atom is -0.394 e. The highest BCUT2D eigenvalue weighted by Gasteiger charge is 2.33. The van der Waals surface area contributed by atoms with Gasteiger partial charge < -0.3 is 10.4 Å². The quantitative estimate of drug-likeness (QED) is 0.636. The SMILES string of the molecule is O=[N+]([O-])c1ccc(NC2(CO)CCCCC2)c([N+](=O)[O-])c1. The van der Waals surface area contributed by atoms with Crippen LogP contribution >= 0.6 is 0 Å². The van der Waals surface area contributed by atoms with Crippen LogP contribution in [0.15, 0.2) is 18.2 Å². The number of benzene rings is 1. The van der Waals surface area contributed by atoms with Gasteiger partial charge in [0, 0.05) is 6.07 Å². The van der Waals surface area contributed by atoms with Crippen LogP contribution in [0, 0.1) is 20.2 Å². The van der Waals surface area contributed by atoms with Crippen molar-refractivity contribution in [2.75, 3.05) is 11.9 Å². The molecule has 8 nitrogen and oxygen atoms in total. The van der Waals surface area contributed by atoms with E-state index in [0.717, 1.165) is 38.2 Å². The van der Waals surface area contributed by atoms with Gasteiger partial charge >= 0.3 is 0 Å². The number of hydrogen-bond donors (Lipinski definition) is 2. The topological polar surface area (TPSA) is 119 Å². The predicted octanol–water partition coefficient (Wildman–Crippen LogP) is 2.61. The van der Waals surface area contributed by atoms with Gasteiger partial charge in [0.1, 0.15) is 5.69 Å². The van der Waals surface area contributed by atoms with Gasteiger partial charge in [-0.25, -0.2) is 0 Å². The molecular formula is C13H17N3O5. The third-order valence-corrected chi connectivity index (χ3v) is 3.90. The average Bonchev–Trinajstić information content (AvgIpc) is 2.48. The van der Waals surface area contributed by atoms with Crippen LogP contribution in [0.1, 0.15) is 32.1 Å². The number of nitrogens with zero attached hydrogens (tertiary/aromatic N) is 2. The summed E-state index contributed by atoms with van der Waals surface area (Å²) in [6.45, 7) is -0.124. The van der Waals surface area contributed by atoms with Crippen molar-refractivity contribution < 1.29 is 15.0 Å². The highest BCUT2D eigenvalue weighted by molar-refractivity contribution is 5.66. The number of nitro groups is 2. The number of nitro benzene ring substituents is 2. The minimum absolute atomic E-state index is 0.124. The molecule has 1 aromatic rings. The lowest BCUT2D eigenvalue weighted by Crippen LogP contribution is -2.44. The molecule has 0 unspecified atom stereocenters. The molecule has 114 valence electrons. The molecule has 0 radical (unpaired) electrons. The number of aliphatic hydroxyl groups excluding tert-OH is 1. The van der Waals surface area contributed by atoms with E-state index < -0.39 is 15.4 Å². The third kappa shape index (κ3) is 3.27. The lowest BCUT2D eigenvalue weighted by atomic mass is 9.82. The van der Waals surface area contributed by atoms with Crippen LogP contribution in [0.3, 0.4) is 0 Å². The van der Waals surface area contributed by atoms with Gasteiger partial charge in [0.25, 0.3) is 11.4 Å². The van der Waals surface area contributed by atoms with Crippen LogP contribution in [0.4, 0.5) is 17.1 Å². The first-order chi connectivity index (χ1) is 9.97. The molecule has 1 aliphatic carbocycles. The van der Waals surface area contributed by atoms with E-state index in [0.29, 0.717) is 0 Å². The fourth-order valence-corrected chi connectivity index (χ4v) is 2.73. The first-order valence-corrected chi connectivity index (χ1v) is 6.79. The number of rotatable bonds is 5. The fraction of sp³-hybridized carbons (Fsp3) is 0.538. The Morgan fingerprint density at radius 1 is 1.14 bits per heavy atom. The summed E-state index contributed by atoms with van der Waals surface area (Å²) < 4.78 is 0. The van der Waals surface area contributed by atoms with Crippen molar-refractivity contribution in [2.24, 2.45) is 0 Å². The molecule has 1 saturated carbocycles. The fourth-order valence-electron chi connectivity index (χ4n) is 2.73. The highest BCUT2D eigenvalue weighted by atomic mass is 16.6. The molecule has 1 fully saturated rings. The molecule has 0 atom stereocenters. The molecule has 8 heteroatoms. The van der Waals surface area contributed by atoms with Crippen LogP contribution in [-0.4, -0.2) is 27.1 Å². The van der Waals surface area contributed by atoms with Gasteiger partial charge in [0.15, 0.2) is 0 Å². The van der Waals surface area contributed by atoms with Crippen LogP contribution < -0.4 is 5.32 Å². The Labute approximate surface area is 121 Å². The van der Waals surface area contributed by atoms with E-state index in [1.54, 1.807) is 0 Å². The van der Waals surface area contributed by atoms with Crippen LogP contribution in [-0.2, 0) is 0 Å². The van der Waals surface area contributed by atoms with E-state index in [1.807, 2.05) is 0 Å². The van der Waals surface area contributed by atoms with Gasteiger partial charge in [-0.1, -0.05) is 19.3 Å². The summed E-state index contributed by atoms with van der Waals surface area (Å²) in [4.78, 5) is 20.5. The molecule has 1 aliphatic rings. The Morgan fingerprint density at radius 3 is 2.33 bits per heavy atom. The number of anilines is 1. The molecule has 0 saturated heterocycles. The molecule has 0 bridgehead atoms. The summed E-state index contributed by atoms with van der Waals surface area (Å²) in [7, 11) is 0. The average molecular weight is 295 g/mol. The largest absolute Gasteiger partial charge is 0.394 e. The van der Waals surface area contributed by atoms with Gasteiger partial charge in [-0.05, 0) is 18.9 Å². The maximum atomic E-state index is 11.1. The summed E-state index contributed by atoms with van der Waals surface area (Å²) in [6, 6.07) is 3.50. The molecular weight excluding hydrogens is 278 g/mol. The van der Waals surface area contributed by atoms with E-state index in [4.69, 9.17) is 0 Å². The molecule has 0 spiro atoms. The second-order valence-electron chi connectivity index (χ2n) is 5.34. The van der Waals surface area contributed by atoms with E-state index >= 15 is 0 Å². The maximum Gasteiger partial charge on any atom is 0.299 e. The third-order valence-electron chi connectivity index (χ3n) is 3.90. The lowest BCUT2D eigenvalue weighted by Gasteiger charge is -2.37. The number of nitrogens with one attached hydrogen (secondary N) is 1. The van der Waals surface area contributed by atoms with E-state index in [9.17, 15) is 25.3 Å². The van der Waals surface area contributed by atoms with Gasteiger partial charge in [-0.3, -0.25) is 20.2 Å². The Bertz CT molecular complexity index is 555. The molecule has 0 amide bonds. The smallest absolute Gasteiger partial charge is 0.299 e. The summed E-state index contributed by atoms with van der Waals surface area (Å²) in [5.74, 6) is 0. The molecule has 21 heavy (non-hydrogen) atoms. The maximum absolute atomic E-state index is 11.1. The standard InChI is InChI=1S/C13H17N3O5/c17-9-13(6-2-1-3-7-13)14-11-5-4-10(15(18)19)8-12(11)16(20)21/h4-5,8,14,17H,1-3,6-7,9H2. The van der Waals surface area contributed by atoms with Crippen molar-refractivity contribution in [2.45, 2.75) is 37.6 Å². The van der Waals surface area contributed by atoms with Gasteiger partial charge in [0.05, 0.1) is 28.1 Å². The summed E-state index contributed by atoms with van der Waals surface area (Å²) in [5.41, 5.74) is -1.04. The van der Waals surface area contributed by atoms with Crippen molar-refractivity contribution in [1.29, 1.82) is 0 Å². The Morgan fingerprint density at radius 2 is 1.81 bits per heavy atom. The van der Waals surface area contributed by atoms with Gasteiger partial charge in [-0.15, -0.1) is 0 Å². The minimum atomic E-state index is -0.667. The molecule has 1 aromatic carbocycles. The first-order valence-electron chi connectivity index (χ1n) is 6.79. The van der Waals surface area contributed by atoms with Crippen molar-refractivity contribution in [3.8, 4) is 0 Å². The van der Waals surface area contributed by atoms with E-state index in [2.05, 4.69) is 5.32 Å². The zero-order valence-corrected chi connectivity index (χ0v) is 11.4. The lowest BCUT2D eigenvalue weighted by molar-refractivity contribution is -0.393. The van der Waals surface area contributed by atoms with Crippen molar-refractivity contribution >= 4 is 17.1 Å². The van der Waals surface area contributed by atoms with Crippen LogP contribution in [0.2, 0.25) is 0 Å². The normalized spacial score (nSPS) is 17.2. The first kappa shape index (κ1) is 15.2. The Hall–Kier alpha value is -2.22. The second kappa shape index (κ2) is 6.04. The highest BCUT2D eigenvalue weighted by Crippen LogP contribution is 2.36. The molecule has 2 rings (SSSR count). The second-order valence-corrected chi connectivity index (χ2v) is 5.34. The molecule has 2 N–H and O–H groups in total. The molecule has 0 heterocycles. The Kier molecular flexibility index (Phi) is 4.37. The monoisotopic (exact) mass is 295 g/mol. The summed E-state index contributed by atoms with van der Waals surface area (Å²) >= 11 is 0. The zero-order chi connectivity index (χ0) is 15.5. The number of hydrogen-bond acceptors (Lipinski definition) is 6. The summed E-state index contributed by atoms with van der Waals surface area (Å²) in [5, 5.41) is 34.5. The van der Waals surface area contributed by atoms with E-state index in [1.165, 1.54) is 12.1 Å². The summed E-state index contributed by atoms with van der Waals surface area (Å²) in [6.07, 6.45) is 4.39. The number of aliphatic hydroxyl groups is 1. The number of non-ortho nitro benzene ring substituents is 1. The van der Waals surface area contributed by atoms with E-state index in [-0.39, 0.29) is 23.7 Å². The zero-order valence-electron chi connectivity index (χ0n) is 11.4. The van der Waals surface area contributed by atoms with Gasteiger partial charge in [0.2, 0.25) is 0 Å². The van der Waals surface area contributed by atoms with Crippen LogP contribution in [0.25, 0.3) is 0 Å². The van der Waals surface area contributed by atoms with Crippen LogP contribution in [0.5, 0.6) is 0 Å². The van der Waals surface area contributed by atoms with Crippen molar-refractivity contribution in [3.05, 3.63) is 38.4 Å². The Balaban J connectivity index is 2.34. The molecule has 0 aliphatic heterocycles. The van der Waals surface area contributed by atoms with Crippen molar-refractivity contribution in [1.82, 2.24) is 0 Å².